The summed E-state index contributed by atoms with van der Waals surface area (Å²) in [7, 11) is 6.76. The standard InChI is InChI=1S/C31H50N6O5/c1-18(2)24(34-29(40)25(19(3)4)35(8)9)30(41)36(10)26(20(5)6)31(42)37-17-13-16-23(37)28(39)33-22-15-12-11-14-21(22)27(38)32-7/h11-12,14-15,18-20,23-26H,13,16-17H2,1-10H3,(H,32,38)(H,33,39)(H,34,40)/t23-,24-,25-,26-/m0/s1. The van der Waals surface area contributed by atoms with Gasteiger partial charge < -0.3 is 25.8 Å². The van der Waals surface area contributed by atoms with Crippen molar-refractivity contribution < 1.29 is 24.0 Å². The Morgan fingerprint density at radius 3 is 2.00 bits per heavy atom. The zero-order valence-corrected chi connectivity index (χ0v) is 26.9. The third kappa shape index (κ3) is 8.08. The fourth-order valence-corrected chi connectivity index (χ4v) is 5.75. The minimum atomic E-state index is -0.836. The molecule has 5 amide bonds. The molecule has 0 saturated carbocycles. The molecule has 0 unspecified atom stereocenters. The molecule has 0 spiro atoms. The highest BCUT2D eigenvalue weighted by atomic mass is 16.2. The van der Waals surface area contributed by atoms with Crippen LogP contribution in [0, 0.1) is 17.8 Å². The lowest BCUT2D eigenvalue weighted by molar-refractivity contribution is -0.150. The Hall–Kier alpha value is -3.47. The number of anilines is 1. The van der Waals surface area contributed by atoms with E-state index in [2.05, 4.69) is 16.0 Å². The zero-order chi connectivity index (χ0) is 31.9. The Morgan fingerprint density at radius 1 is 0.881 bits per heavy atom. The number of amides is 5. The summed E-state index contributed by atoms with van der Waals surface area (Å²) in [5.74, 6) is -2.06. The third-order valence-corrected chi connectivity index (χ3v) is 7.83. The van der Waals surface area contributed by atoms with Crippen LogP contribution >= 0.6 is 0 Å². The van der Waals surface area contributed by atoms with E-state index in [0.29, 0.717) is 30.6 Å². The van der Waals surface area contributed by atoms with Gasteiger partial charge in [0.15, 0.2) is 0 Å². The van der Waals surface area contributed by atoms with Gasteiger partial charge in [-0.05, 0) is 56.8 Å². The number of hydrogen-bond acceptors (Lipinski definition) is 6. The molecule has 0 aromatic heterocycles. The number of para-hydroxylation sites is 1. The highest BCUT2D eigenvalue weighted by Gasteiger charge is 2.42. The number of nitrogens with one attached hydrogen (secondary N) is 3. The molecular weight excluding hydrogens is 536 g/mol. The van der Waals surface area contributed by atoms with Crippen molar-refractivity contribution in [1.29, 1.82) is 0 Å². The van der Waals surface area contributed by atoms with Gasteiger partial charge in [-0.1, -0.05) is 53.7 Å². The topological polar surface area (TPSA) is 131 Å². The molecule has 0 radical (unpaired) electrons. The van der Waals surface area contributed by atoms with Crippen LogP contribution in [0.3, 0.4) is 0 Å². The van der Waals surface area contributed by atoms with Gasteiger partial charge in [-0.2, -0.15) is 0 Å². The quantitative estimate of drug-likeness (QED) is 0.344. The zero-order valence-electron chi connectivity index (χ0n) is 26.9. The Balaban J connectivity index is 2.28. The third-order valence-electron chi connectivity index (χ3n) is 7.83. The van der Waals surface area contributed by atoms with Crippen molar-refractivity contribution >= 4 is 35.2 Å². The second-order valence-corrected chi connectivity index (χ2v) is 12.3. The summed E-state index contributed by atoms with van der Waals surface area (Å²) in [6.45, 7) is 11.7. The molecule has 42 heavy (non-hydrogen) atoms. The van der Waals surface area contributed by atoms with Crippen LogP contribution in [0.1, 0.15) is 64.7 Å². The molecule has 1 aliphatic heterocycles. The van der Waals surface area contributed by atoms with E-state index in [4.69, 9.17) is 0 Å². The summed E-state index contributed by atoms with van der Waals surface area (Å²) in [6.07, 6.45) is 1.10. The molecule has 11 nitrogen and oxygen atoms in total. The van der Waals surface area contributed by atoms with Gasteiger partial charge in [0.05, 0.1) is 17.3 Å². The van der Waals surface area contributed by atoms with Gasteiger partial charge in [-0.3, -0.25) is 28.9 Å². The molecule has 1 aliphatic rings. The van der Waals surface area contributed by atoms with Crippen molar-refractivity contribution in [3.05, 3.63) is 29.8 Å². The molecular formula is C31H50N6O5. The number of carbonyl (C=O) groups is 5. The van der Waals surface area contributed by atoms with Crippen LogP contribution < -0.4 is 16.0 Å². The Labute approximate surface area is 250 Å². The number of hydrogen-bond donors (Lipinski definition) is 3. The van der Waals surface area contributed by atoms with Crippen molar-refractivity contribution in [1.82, 2.24) is 25.3 Å². The second kappa shape index (κ2) is 15.1. The first kappa shape index (κ1) is 34.7. The lowest BCUT2D eigenvalue weighted by atomic mass is 9.96. The van der Waals surface area contributed by atoms with Crippen LogP contribution in [-0.4, -0.2) is 103 Å². The van der Waals surface area contributed by atoms with Crippen LogP contribution in [0.2, 0.25) is 0 Å². The highest BCUT2D eigenvalue weighted by molar-refractivity contribution is 6.05. The number of nitrogens with zero attached hydrogens (tertiary/aromatic N) is 3. The number of likely N-dealkylation sites (N-methyl/N-ethyl adjacent to an activating group) is 2. The summed E-state index contributed by atoms with van der Waals surface area (Å²) in [4.78, 5) is 71.6. The van der Waals surface area contributed by atoms with Crippen molar-refractivity contribution in [3.63, 3.8) is 0 Å². The van der Waals surface area contributed by atoms with E-state index >= 15 is 0 Å². The minimum Gasteiger partial charge on any atom is -0.355 e. The number of likely N-dealkylation sites (tertiary alicyclic amines) is 1. The molecule has 234 valence electrons. The van der Waals surface area contributed by atoms with Gasteiger partial charge >= 0.3 is 0 Å². The van der Waals surface area contributed by atoms with E-state index in [-0.39, 0.29) is 47.3 Å². The van der Waals surface area contributed by atoms with Crippen LogP contribution in [0.5, 0.6) is 0 Å². The largest absolute Gasteiger partial charge is 0.355 e. The maximum absolute atomic E-state index is 14.0. The van der Waals surface area contributed by atoms with Gasteiger partial charge in [0.25, 0.3) is 5.91 Å². The first-order valence-electron chi connectivity index (χ1n) is 14.8. The van der Waals surface area contributed by atoms with Crippen molar-refractivity contribution in [2.24, 2.45) is 17.8 Å². The first-order valence-corrected chi connectivity index (χ1v) is 14.8. The van der Waals surface area contributed by atoms with Crippen LogP contribution in [0.25, 0.3) is 0 Å². The Morgan fingerprint density at radius 2 is 1.48 bits per heavy atom. The van der Waals surface area contributed by atoms with Gasteiger partial charge in [-0.15, -0.1) is 0 Å². The van der Waals surface area contributed by atoms with E-state index in [0.717, 1.165) is 0 Å². The molecule has 0 bridgehead atoms. The lowest BCUT2D eigenvalue weighted by Gasteiger charge is -2.38. The fraction of sp³-hybridized carbons (Fsp3) is 0.645. The van der Waals surface area contributed by atoms with Gasteiger partial charge in [0.2, 0.25) is 23.6 Å². The smallest absolute Gasteiger partial charge is 0.253 e. The molecule has 11 heteroatoms. The number of benzene rings is 1. The van der Waals surface area contributed by atoms with E-state index < -0.39 is 24.2 Å². The van der Waals surface area contributed by atoms with E-state index in [9.17, 15) is 24.0 Å². The summed E-state index contributed by atoms with van der Waals surface area (Å²) in [6, 6.07) is 3.88. The predicted octanol–water partition coefficient (Wildman–Crippen LogP) is 2.19. The predicted molar refractivity (Wildman–Crippen MR) is 164 cm³/mol. The molecule has 1 fully saturated rings. The maximum atomic E-state index is 14.0. The monoisotopic (exact) mass is 586 g/mol. The number of carbonyl (C=O) groups excluding carboxylic acids is 5. The lowest BCUT2D eigenvalue weighted by Crippen LogP contribution is -2.60. The molecule has 4 atom stereocenters. The molecule has 0 aliphatic carbocycles. The van der Waals surface area contributed by atoms with Crippen molar-refractivity contribution in [3.8, 4) is 0 Å². The van der Waals surface area contributed by atoms with Crippen LogP contribution in [-0.2, 0) is 19.2 Å². The van der Waals surface area contributed by atoms with E-state index in [1.54, 1.807) is 31.3 Å². The summed E-state index contributed by atoms with van der Waals surface area (Å²) >= 11 is 0. The molecule has 1 heterocycles. The SMILES string of the molecule is CNC(=O)c1ccccc1NC(=O)[C@@H]1CCCN1C(=O)[C@H](C(C)C)N(C)C(=O)[C@@H](NC(=O)[C@H](C(C)C)N(C)C)C(C)C. The summed E-state index contributed by atoms with van der Waals surface area (Å²) < 4.78 is 0. The van der Waals surface area contributed by atoms with Gasteiger partial charge in [0.1, 0.15) is 18.1 Å². The van der Waals surface area contributed by atoms with Gasteiger partial charge in [0, 0.05) is 20.6 Å². The minimum absolute atomic E-state index is 0.0344. The Kier molecular flexibility index (Phi) is 12.5. The van der Waals surface area contributed by atoms with Crippen LogP contribution in [0.15, 0.2) is 24.3 Å². The summed E-state index contributed by atoms with van der Waals surface area (Å²) in [5.41, 5.74) is 0.687. The molecule has 1 aromatic rings. The average molecular weight is 587 g/mol. The normalized spacial score (nSPS) is 17.3. The number of rotatable bonds is 12. The highest BCUT2D eigenvalue weighted by Crippen LogP contribution is 2.25. The second-order valence-electron chi connectivity index (χ2n) is 12.3. The van der Waals surface area contributed by atoms with Gasteiger partial charge in [-0.25, -0.2) is 0 Å². The average Bonchev–Trinajstić information content (AvgIpc) is 3.40. The molecule has 1 aromatic carbocycles. The molecule has 3 N–H and O–H groups in total. The maximum Gasteiger partial charge on any atom is 0.253 e. The van der Waals surface area contributed by atoms with E-state index in [1.165, 1.54) is 16.8 Å². The van der Waals surface area contributed by atoms with Crippen molar-refractivity contribution in [2.45, 2.75) is 78.6 Å². The molecule has 1 saturated heterocycles. The van der Waals surface area contributed by atoms with E-state index in [1.807, 2.05) is 60.5 Å². The van der Waals surface area contributed by atoms with Crippen molar-refractivity contribution in [2.75, 3.05) is 40.1 Å². The fourth-order valence-electron chi connectivity index (χ4n) is 5.75. The summed E-state index contributed by atoms with van der Waals surface area (Å²) in [5, 5.41) is 8.34. The first-order chi connectivity index (χ1) is 19.6. The molecule has 2 rings (SSSR count). The Bertz CT molecular complexity index is 1130. The van der Waals surface area contributed by atoms with Crippen LogP contribution in [0.4, 0.5) is 5.69 Å².